The molecule has 1 aliphatic rings. The number of furan rings is 1. The molecule has 0 aliphatic carbocycles. The number of aliphatic hydroxyl groups is 1. The number of hydrogen-bond donors (Lipinski definition) is 1. The van der Waals surface area contributed by atoms with Crippen molar-refractivity contribution in [3.63, 3.8) is 0 Å². The van der Waals surface area contributed by atoms with E-state index in [9.17, 15) is 5.11 Å². The summed E-state index contributed by atoms with van der Waals surface area (Å²) < 4.78 is 5.57. The van der Waals surface area contributed by atoms with Crippen molar-refractivity contribution in [2.45, 2.75) is 19.4 Å². The van der Waals surface area contributed by atoms with Crippen LogP contribution in [0.2, 0.25) is 0 Å². The molecule has 1 aliphatic heterocycles. The molecule has 25 heavy (non-hydrogen) atoms. The Bertz CT molecular complexity index is 838. The molecule has 4 rings (SSSR count). The van der Waals surface area contributed by atoms with Gasteiger partial charge in [0.1, 0.15) is 5.69 Å². The van der Waals surface area contributed by atoms with Crippen molar-refractivity contribution >= 4 is 5.95 Å². The first-order chi connectivity index (χ1) is 12.2. The van der Waals surface area contributed by atoms with Gasteiger partial charge in [0.15, 0.2) is 5.76 Å². The van der Waals surface area contributed by atoms with Gasteiger partial charge in [0.05, 0.1) is 24.3 Å². The number of nitrogens with zero attached hydrogens (tertiary/aromatic N) is 5. The highest BCUT2D eigenvalue weighted by Gasteiger charge is 2.26. The quantitative estimate of drug-likeness (QED) is 0.785. The van der Waals surface area contributed by atoms with Crippen molar-refractivity contribution in [3.05, 3.63) is 43.2 Å². The van der Waals surface area contributed by atoms with E-state index in [4.69, 9.17) is 9.40 Å². The third kappa shape index (κ3) is 3.10. The molecule has 1 N–H and O–H groups in total. The lowest BCUT2D eigenvalue weighted by atomic mass is 9.97. The monoisotopic (exact) mass is 337 g/mol. The van der Waals surface area contributed by atoms with Gasteiger partial charge in [-0.3, -0.25) is 9.97 Å². The number of anilines is 1. The zero-order chi connectivity index (χ0) is 17.2. The van der Waals surface area contributed by atoms with Crippen LogP contribution in [-0.2, 0) is 0 Å². The Morgan fingerprint density at radius 1 is 1.24 bits per heavy atom. The van der Waals surface area contributed by atoms with Gasteiger partial charge in [0.2, 0.25) is 5.95 Å². The molecule has 0 unspecified atom stereocenters. The second kappa shape index (κ2) is 6.60. The van der Waals surface area contributed by atoms with Gasteiger partial charge in [0, 0.05) is 37.2 Å². The lowest BCUT2D eigenvalue weighted by Gasteiger charge is -2.34. The SMILES string of the molecule is C[C@@H]1CN(c2ncc(-c3cnccn3)c(-c3ccco3)n2)CC[C@H]1O. The molecule has 0 saturated carbocycles. The molecule has 7 heteroatoms. The maximum atomic E-state index is 9.94. The summed E-state index contributed by atoms with van der Waals surface area (Å²) in [6.45, 7) is 3.50. The van der Waals surface area contributed by atoms with E-state index in [0.717, 1.165) is 18.7 Å². The van der Waals surface area contributed by atoms with Gasteiger partial charge in [-0.2, -0.15) is 0 Å². The van der Waals surface area contributed by atoms with Crippen LogP contribution in [-0.4, -0.2) is 44.2 Å². The van der Waals surface area contributed by atoms with Crippen molar-refractivity contribution in [1.29, 1.82) is 0 Å². The first-order valence-corrected chi connectivity index (χ1v) is 8.32. The molecule has 7 nitrogen and oxygen atoms in total. The third-order valence-electron chi connectivity index (χ3n) is 4.51. The van der Waals surface area contributed by atoms with Crippen LogP contribution in [0.1, 0.15) is 13.3 Å². The van der Waals surface area contributed by atoms with E-state index in [1.165, 1.54) is 0 Å². The van der Waals surface area contributed by atoms with Crippen LogP contribution in [0.5, 0.6) is 0 Å². The largest absolute Gasteiger partial charge is 0.463 e. The highest BCUT2D eigenvalue weighted by molar-refractivity contribution is 5.76. The molecule has 1 fully saturated rings. The summed E-state index contributed by atoms with van der Waals surface area (Å²) in [6, 6.07) is 3.70. The summed E-state index contributed by atoms with van der Waals surface area (Å²) in [5, 5.41) is 9.94. The lowest BCUT2D eigenvalue weighted by molar-refractivity contribution is 0.0966. The Kier molecular flexibility index (Phi) is 4.15. The molecule has 128 valence electrons. The van der Waals surface area contributed by atoms with Crippen LogP contribution in [0.3, 0.4) is 0 Å². The second-order valence-corrected chi connectivity index (χ2v) is 6.28. The summed E-state index contributed by atoms with van der Waals surface area (Å²) in [5.74, 6) is 1.48. The lowest BCUT2D eigenvalue weighted by Crippen LogP contribution is -2.42. The Balaban J connectivity index is 1.75. The fourth-order valence-electron chi connectivity index (χ4n) is 3.07. The van der Waals surface area contributed by atoms with Gasteiger partial charge in [0.25, 0.3) is 0 Å². The normalized spacial score (nSPS) is 20.6. The molecule has 0 bridgehead atoms. The molecule has 1 saturated heterocycles. The Morgan fingerprint density at radius 3 is 2.88 bits per heavy atom. The first kappa shape index (κ1) is 15.7. The number of aliphatic hydroxyl groups excluding tert-OH is 1. The predicted molar refractivity (Wildman–Crippen MR) is 92.8 cm³/mol. The summed E-state index contributed by atoms with van der Waals surface area (Å²) in [7, 11) is 0. The zero-order valence-electron chi connectivity index (χ0n) is 13.9. The van der Waals surface area contributed by atoms with Crippen molar-refractivity contribution in [3.8, 4) is 22.7 Å². The highest BCUT2D eigenvalue weighted by atomic mass is 16.3. The van der Waals surface area contributed by atoms with Crippen molar-refractivity contribution in [2.24, 2.45) is 5.92 Å². The summed E-state index contributed by atoms with van der Waals surface area (Å²) in [6.07, 6.45) is 8.79. The van der Waals surface area contributed by atoms with E-state index in [1.54, 1.807) is 31.1 Å². The second-order valence-electron chi connectivity index (χ2n) is 6.28. The third-order valence-corrected chi connectivity index (χ3v) is 4.51. The van der Waals surface area contributed by atoms with E-state index >= 15 is 0 Å². The Labute approximate surface area is 145 Å². The average molecular weight is 337 g/mol. The first-order valence-electron chi connectivity index (χ1n) is 8.32. The van der Waals surface area contributed by atoms with Crippen molar-refractivity contribution < 1.29 is 9.52 Å². The van der Waals surface area contributed by atoms with Crippen LogP contribution >= 0.6 is 0 Å². The van der Waals surface area contributed by atoms with Gasteiger partial charge < -0.3 is 14.4 Å². The molecule has 0 spiro atoms. The molecular formula is C18H19N5O2. The predicted octanol–water partition coefficient (Wildman–Crippen LogP) is 2.40. The van der Waals surface area contributed by atoms with Gasteiger partial charge >= 0.3 is 0 Å². The van der Waals surface area contributed by atoms with E-state index in [1.807, 2.05) is 19.1 Å². The molecule has 0 amide bonds. The summed E-state index contributed by atoms with van der Waals surface area (Å²) in [5.41, 5.74) is 2.16. The van der Waals surface area contributed by atoms with Gasteiger partial charge in [-0.15, -0.1) is 0 Å². The molecule has 2 atom stereocenters. The minimum atomic E-state index is -0.264. The highest BCUT2D eigenvalue weighted by Crippen LogP contribution is 2.31. The molecule has 3 aromatic heterocycles. The van der Waals surface area contributed by atoms with E-state index in [2.05, 4.69) is 19.9 Å². The van der Waals surface area contributed by atoms with E-state index in [0.29, 0.717) is 29.5 Å². The van der Waals surface area contributed by atoms with Crippen molar-refractivity contribution in [2.75, 3.05) is 18.0 Å². The average Bonchev–Trinajstić information content (AvgIpc) is 3.19. The van der Waals surface area contributed by atoms with Gasteiger partial charge in [-0.25, -0.2) is 9.97 Å². The number of hydrogen-bond acceptors (Lipinski definition) is 7. The minimum absolute atomic E-state index is 0.184. The van der Waals surface area contributed by atoms with Crippen molar-refractivity contribution in [1.82, 2.24) is 19.9 Å². The number of piperidine rings is 1. The maximum Gasteiger partial charge on any atom is 0.226 e. The summed E-state index contributed by atoms with van der Waals surface area (Å²) >= 11 is 0. The standard InChI is InChI=1S/C18H19N5O2/c1-12-11-23(7-4-15(12)24)18-21-9-13(14-10-19-5-6-20-14)17(22-18)16-3-2-8-25-16/h2-3,5-6,8-10,12,15,24H,4,7,11H2,1H3/t12-,15-/m1/s1. The molecule has 0 radical (unpaired) electrons. The molecule has 0 aromatic carbocycles. The Morgan fingerprint density at radius 2 is 2.16 bits per heavy atom. The van der Waals surface area contributed by atoms with E-state index in [-0.39, 0.29) is 12.0 Å². The fourth-order valence-corrected chi connectivity index (χ4v) is 3.07. The Hall–Kier alpha value is -2.80. The van der Waals surface area contributed by atoms with Crippen LogP contribution in [0, 0.1) is 5.92 Å². The zero-order valence-corrected chi connectivity index (χ0v) is 13.9. The van der Waals surface area contributed by atoms with Crippen LogP contribution in [0.4, 0.5) is 5.95 Å². The summed E-state index contributed by atoms with van der Waals surface area (Å²) in [4.78, 5) is 19.9. The smallest absolute Gasteiger partial charge is 0.226 e. The van der Waals surface area contributed by atoms with Crippen LogP contribution < -0.4 is 4.90 Å². The van der Waals surface area contributed by atoms with E-state index < -0.39 is 0 Å². The maximum absolute atomic E-state index is 9.94. The number of rotatable bonds is 3. The van der Waals surface area contributed by atoms with Gasteiger partial charge in [-0.05, 0) is 24.5 Å². The molecular weight excluding hydrogens is 318 g/mol. The number of aromatic nitrogens is 4. The fraction of sp³-hybridized carbons (Fsp3) is 0.333. The molecule has 4 heterocycles. The topological polar surface area (TPSA) is 88.2 Å². The van der Waals surface area contributed by atoms with Crippen LogP contribution in [0.25, 0.3) is 22.7 Å². The minimum Gasteiger partial charge on any atom is -0.463 e. The van der Waals surface area contributed by atoms with Crippen LogP contribution in [0.15, 0.2) is 47.6 Å². The van der Waals surface area contributed by atoms with Gasteiger partial charge in [-0.1, -0.05) is 6.92 Å². The molecule has 3 aromatic rings.